The lowest BCUT2D eigenvalue weighted by Crippen LogP contribution is -2.06. The quantitative estimate of drug-likeness (QED) is 0.345. The average Bonchev–Trinajstić information content (AvgIpc) is 3.07. The maximum Gasteiger partial charge on any atom is 0.221 e. The average molecular weight is 378 g/mol. The summed E-state index contributed by atoms with van der Waals surface area (Å²) in [6.07, 6.45) is 0. The van der Waals surface area contributed by atoms with Gasteiger partial charge in [-0.05, 0) is 43.3 Å². The molecule has 1 heterocycles. The van der Waals surface area contributed by atoms with Crippen molar-refractivity contribution in [2.24, 2.45) is 0 Å². The SMILES string of the molecule is CC(=O)Nc1ccc(S[C@H](C)/C(O)=C(\C#N)c2nc3ccccc3[nH]2)cc1. The first-order valence-electron chi connectivity index (χ1n) is 8.30. The molecule has 27 heavy (non-hydrogen) atoms. The number of aromatic nitrogens is 2. The fourth-order valence-corrected chi connectivity index (χ4v) is 3.52. The summed E-state index contributed by atoms with van der Waals surface area (Å²) >= 11 is 1.41. The van der Waals surface area contributed by atoms with Crippen molar-refractivity contribution < 1.29 is 9.90 Å². The third-order valence-electron chi connectivity index (χ3n) is 3.87. The number of thioether (sulfide) groups is 1. The van der Waals surface area contributed by atoms with E-state index in [-0.39, 0.29) is 22.5 Å². The van der Waals surface area contributed by atoms with Crippen LogP contribution >= 0.6 is 11.8 Å². The van der Waals surface area contributed by atoms with Gasteiger partial charge in [-0.15, -0.1) is 11.8 Å². The van der Waals surface area contributed by atoms with E-state index in [0.29, 0.717) is 11.5 Å². The number of nitrogens with zero attached hydrogens (tertiary/aromatic N) is 2. The number of rotatable bonds is 5. The third-order valence-corrected chi connectivity index (χ3v) is 4.99. The number of nitrogens with one attached hydrogen (secondary N) is 2. The van der Waals surface area contributed by atoms with E-state index < -0.39 is 0 Å². The molecule has 0 aliphatic carbocycles. The van der Waals surface area contributed by atoms with E-state index in [1.807, 2.05) is 43.3 Å². The molecule has 0 unspecified atom stereocenters. The summed E-state index contributed by atoms with van der Waals surface area (Å²) in [5.74, 6) is 0.186. The number of benzene rings is 2. The number of anilines is 1. The van der Waals surface area contributed by atoms with Crippen molar-refractivity contribution in [2.45, 2.75) is 24.0 Å². The van der Waals surface area contributed by atoms with Crippen LogP contribution in [0.1, 0.15) is 19.7 Å². The standard InChI is InChI=1S/C20H18N4O2S/c1-12(27-15-9-7-14(8-10-15)22-13(2)25)19(26)16(11-21)20-23-17-5-3-4-6-18(17)24-20/h3-10,12,26H,1-2H3,(H,22,25)(H,23,24)/b19-16-/t12-/m1/s1. The molecule has 1 atom stereocenters. The zero-order valence-electron chi connectivity index (χ0n) is 14.9. The molecule has 0 fully saturated rings. The number of imidazole rings is 1. The van der Waals surface area contributed by atoms with Gasteiger partial charge in [0.25, 0.3) is 0 Å². The fraction of sp³-hybridized carbons (Fsp3) is 0.150. The van der Waals surface area contributed by atoms with Crippen molar-refractivity contribution >= 4 is 40.0 Å². The second-order valence-corrected chi connectivity index (χ2v) is 7.35. The van der Waals surface area contributed by atoms with E-state index in [1.54, 1.807) is 12.1 Å². The number of carbonyl (C=O) groups excluding carboxylic acids is 1. The monoisotopic (exact) mass is 378 g/mol. The first kappa shape index (κ1) is 18.5. The number of amides is 1. The van der Waals surface area contributed by atoms with E-state index in [4.69, 9.17) is 0 Å². The summed E-state index contributed by atoms with van der Waals surface area (Å²) in [6, 6.07) is 16.8. The van der Waals surface area contributed by atoms with Gasteiger partial charge >= 0.3 is 0 Å². The molecule has 136 valence electrons. The molecular formula is C20H18N4O2S. The van der Waals surface area contributed by atoms with E-state index in [2.05, 4.69) is 21.4 Å². The van der Waals surface area contributed by atoms with Gasteiger partial charge in [0.15, 0.2) is 5.82 Å². The zero-order valence-corrected chi connectivity index (χ0v) is 15.7. The van der Waals surface area contributed by atoms with Crippen LogP contribution in [0, 0.1) is 11.3 Å². The predicted molar refractivity (Wildman–Crippen MR) is 107 cm³/mol. The lowest BCUT2D eigenvalue weighted by molar-refractivity contribution is -0.114. The van der Waals surface area contributed by atoms with Crippen molar-refractivity contribution in [2.75, 3.05) is 5.32 Å². The summed E-state index contributed by atoms with van der Waals surface area (Å²) in [5, 5.41) is 22.5. The van der Waals surface area contributed by atoms with E-state index in [9.17, 15) is 15.2 Å². The number of H-pyrrole nitrogens is 1. The second kappa shape index (κ2) is 7.98. The Balaban J connectivity index is 1.82. The van der Waals surface area contributed by atoms with Gasteiger partial charge in [-0.25, -0.2) is 4.98 Å². The Kier molecular flexibility index (Phi) is 5.48. The normalized spacial score (nSPS) is 12.9. The summed E-state index contributed by atoms with van der Waals surface area (Å²) in [5.41, 5.74) is 2.38. The molecule has 0 saturated heterocycles. The van der Waals surface area contributed by atoms with E-state index in [0.717, 1.165) is 15.9 Å². The maximum absolute atomic E-state index is 11.1. The number of allylic oxidation sites excluding steroid dienone is 1. The Morgan fingerprint density at radius 2 is 1.96 bits per heavy atom. The number of hydrogen-bond donors (Lipinski definition) is 3. The number of aliphatic hydroxyl groups excluding tert-OH is 1. The van der Waals surface area contributed by atoms with Crippen LogP contribution in [0.5, 0.6) is 0 Å². The molecule has 0 spiro atoms. The molecule has 0 bridgehead atoms. The Hall–Kier alpha value is -3.24. The van der Waals surface area contributed by atoms with Crippen LogP contribution in [0.3, 0.4) is 0 Å². The molecule has 3 aromatic rings. The first-order chi connectivity index (χ1) is 13.0. The molecule has 1 amide bonds. The maximum atomic E-state index is 11.1. The highest BCUT2D eigenvalue weighted by atomic mass is 32.2. The minimum absolute atomic E-state index is 0.0347. The van der Waals surface area contributed by atoms with Gasteiger partial charge in [-0.2, -0.15) is 5.26 Å². The highest BCUT2D eigenvalue weighted by Crippen LogP contribution is 2.31. The van der Waals surface area contributed by atoms with Crippen molar-refractivity contribution in [3.8, 4) is 6.07 Å². The van der Waals surface area contributed by atoms with Crippen LogP contribution in [0.4, 0.5) is 5.69 Å². The van der Waals surface area contributed by atoms with Gasteiger partial charge in [-0.3, -0.25) is 4.79 Å². The highest BCUT2D eigenvalue weighted by Gasteiger charge is 2.19. The van der Waals surface area contributed by atoms with Crippen LogP contribution < -0.4 is 5.32 Å². The van der Waals surface area contributed by atoms with Gasteiger partial charge in [0, 0.05) is 17.5 Å². The number of aromatic amines is 1. The Morgan fingerprint density at radius 3 is 2.59 bits per heavy atom. The largest absolute Gasteiger partial charge is 0.510 e. The molecule has 7 heteroatoms. The van der Waals surface area contributed by atoms with Gasteiger partial charge in [0.2, 0.25) is 5.91 Å². The summed E-state index contributed by atoms with van der Waals surface area (Å²) in [4.78, 5) is 19.4. The van der Waals surface area contributed by atoms with Gasteiger partial charge in [-0.1, -0.05) is 12.1 Å². The van der Waals surface area contributed by atoms with Gasteiger partial charge in [0.1, 0.15) is 17.4 Å². The number of hydrogen-bond acceptors (Lipinski definition) is 5. The predicted octanol–water partition coefficient (Wildman–Crippen LogP) is 4.49. The van der Waals surface area contributed by atoms with Crippen molar-refractivity contribution in [3.63, 3.8) is 0 Å². The molecule has 1 aromatic heterocycles. The molecule has 6 nitrogen and oxygen atoms in total. The first-order valence-corrected chi connectivity index (χ1v) is 9.18. The van der Waals surface area contributed by atoms with Crippen molar-refractivity contribution in [3.05, 3.63) is 60.1 Å². The van der Waals surface area contributed by atoms with Crippen LogP contribution in [-0.2, 0) is 4.79 Å². The lowest BCUT2D eigenvalue weighted by Gasteiger charge is -2.12. The lowest BCUT2D eigenvalue weighted by atomic mass is 10.2. The Bertz CT molecular complexity index is 1010. The number of aliphatic hydroxyl groups is 1. The van der Waals surface area contributed by atoms with E-state index >= 15 is 0 Å². The molecule has 2 aromatic carbocycles. The molecule has 3 rings (SSSR count). The topological polar surface area (TPSA) is 102 Å². The number of carbonyl (C=O) groups is 1. The molecule has 0 radical (unpaired) electrons. The minimum Gasteiger partial charge on any atom is -0.510 e. The summed E-state index contributed by atoms with van der Waals surface area (Å²) in [7, 11) is 0. The van der Waals surface area contributed by atoms with E-state index in [1.165, 1.54) is 18.7 Å². The van der Waals surface area contributed by atoms with Gasteiger partial charge in [0.05, 0.1) is 16.3 Å². The molecule has 3 N–H and O–H groups in total. The molecule has 0 aliphatic heterocycles. The second-order valence-electron chi connectivity index (χ2n) is 5.94. The van der Waals surface area contributed by atoms with Crippen molar-refractivity contribution in [1.82, 2.24) is 9.97 Å². The van der Waals surface area contributed by atoms with Gasteiger partial charge < -0.3 is 15.4 Å². The fourth-order valence-electron chi connectivity index (χ4n) is 2.59. The molecular weight excluding hydrogens is 360 g/mol. The third kappa shape index (κ3) is 4.30. The summed E-state index contributed by atoms with van der Waals surface area (Å²) in [6.45, 7) is 3.27. The van der Waals surface area contributed by atoms with Crippen LogP contribution in [0.15, 0.2) is 59.2 Å². The Morgan fingerprint density at radius 1 is 1.26 bits per heavy atom. The van der Waals surface area contributed by atoms with Crippen LogP contribution in [0.2, 0.25) is 0 Å². The highest BCUT2D eigenvalue weighted by molar-refractivity contribution is 8.00. The minimum atomic E-state index is -0.348. The number of para-hydroxylation sites is 2. The zero-order chi connectivity index (χ0) is 19.4. The number of fused-ring (bicyclic) bond motifs is 1. The van der Waals surface area contributed by atoms with Crippen LogP contribution in [0.25, 0.3) is 16.6 Å². The van der Waals surface area contributed by atoms with Crippen molar-refractivity contribution in [1.29, 1.82) is 5.26 Å². The smallest absolute Gasteiger partial charge is 0.221 e. The van der Waals surface area contributed by atoms with Crippen LogP contribution in [-0.4, -0.2) is 26.2 Å². The Labute approximate surface area is 160 Å². The summed E-state index contributed by atoms with van der Waals surface area (Å²) < 4.78 is 0. The molecule has 0 saturated carbocycles. The molecule has 0 aliphatic rings. The number of nitriles is 1.